The summed E-state index contributed by atoms with van der Waals surface area (Å²) in [6.45, 7) is 0. The van der Waals surface area contributed by atoms with E-state index in [1.165, 1.54) is 81.9 Å². The van der Waals surface area contributed by atoms with E-state index < -0.39 is 0 Å². The van der Waals surface area contributed by atoms with Crippen molar-refractivity contribution in [3.63, 3.8) is 0 Å². The summed E-state index contributed by atoms with van der Waals surface area (Å²) in [5.41, 5.74) is 9.02. The Kier molecular flexibility index (Phi) is 5.64. The van der Waals surface area contributed by atoms with Gasteiger partial charge in [-0.2, -0.15) is 0 Å². The maximum atomic E-state index is 6.77. The molecule has 0 bridgehead atoms. The van der Waals surface area contributed by atoms with Gasteiger partial charge in [-0.1, -0.05) is 140 Å². The number of fused-ring (bicyclic) bond motifs is 11. The van der Waals surface area contributed by atoms with Gasteiger partial charge in [0, 0.05) is 10.8 Å². The average molecular weight is 597 g/mol. The lowest BCUT2D eigenvalue weighted by Crippen LogP contribution is -1.86. The van der Waals surface area contributed by atoms with Crippen LogP contribution in [0.2, 0.25) is 0 Å². The molecule has 10 aromatic rings. The second kappa shape index (κ2) is 10.2. The Morgan fingerprint density at radius 2 is 0.723 bits per heavy atom. The summed E-state index contributed by atoms with van der Waals surface area (Å²) in [4.78, 5) is 0. The molecule has 0 aliphatic rings. The van der Waals surface area contributed by atoms with E-state index in [2.05, 4.69) is 170 Å². The molecule has 1 heteroatoms. The predicted octanol–water partition coefficient (Wildman–Crippen LogP) is 13.2. The van der Waals surface area contributed by atoms with Crippen molar-refractivity contribution in [1.82, 2.24) is 0 Å². The van der Waals surface area contributed by atoms with Gasteiger partial charge in [-0.3, -0.25) is 0 Å². The number of hydrogen-bond donors (Lipinski definition) is 0. The largest absolute Gasteiger partial charge is 0.456 e. The lowest BCUT2D eigenvalue weighted by atomic mass is 9.91. The van der Waals surface area contributed by atoms with Gasteiger partial charge in [0.15, 0.2) is 0 Å². The maximum absolute atomic E-state index is 6.77. The first-order valence-electron chi connectivity index (χ1n) is 16.2. The van der Waals surface area contributed by atoms with Crippen LogP contribution in [-0.2, 0) is 0 Å². The summed E-state index contributed by atoms with van der Waals surface area (Å²) in [5.74, 6) is 0. The fraction of sp³-hybridized carbons (Fsp3) is 0. The standard InChI is InChI=1S/C46H28O/c1-2-12-29(13-3-1)30-14-10-15-31(24-30)32-16-11-17-33(25-32)40-27-45-46(39-23-9-8-22-38(39)40)43-26-41-36-20-6-4-18-34(36)35-19-5-7-21-37(35)42(41)28-44(43)47-45/h1-28H. The Balaban J connectivity index is 1.21. The molecule has 0 spiro atoms. The van der Waals surface area contributed by atoms with Crippen LogP contribution in [-0.4, -0.2) is 0 Å². The Labute approximate surface area is 271 Å². The molecular formula is C46H28O. The third-order valence-electron chi connectivity index (χ3n) is 9.82. The zero-order chi connectivity index (χ0) is 30.9. The molecule has 218 valence electrons. The van der Waals surface area contributed by atoms with E-state index in [9.17, 15) is 0 Å². The highest BCUT2D eigenvalue weighted by Gasteiger charge is 2.18. The Morgan fingerprint density at radius 3 is 1.38 bits per heavy atom. The van der Waals surface area contributed by atoms with Crippen LogP contribution < -0.4 is 0 Å². The fourth-order valence-electron chi connectivity index (χ4n) is 7.65. The lowest BCUT2D eigenvalue weighted by molar-refractivity contribution is 0.670. The normalized spacial score (nSPS) is 11.8. The first-order valence-corrected chi connectivity index (χ1v) is 16.2. The molecule has 0 N–H and O–H groups in total. The first kappa shape index (κ1) is 26.1. The highest BCUT2D eigenvalue weighted by Crippen LogP contribution is 2.44. The zero-order valence-corrected chi connectivity index (χ0v) is 25.6. The van der Waals surface area contributed by atoms with E-state index in [1.54, 1.807) is 0 Å². The molecular weight excluding hydrogens is 569 g/mol. The highest BCUT2D eigenvalue weighted by atomic mass is 16.3. The van der Waals surface area contributed by atoms with E-state index in [1.807, 2.05) is 0 Å². The minimum absolute atomic E-state index is 0.911. The van der Waals surface area contributed by atoms with E-state index >= 15 is 0 Å². The van der Waals surface area contributed by atoms with E-state index in [4.69, 9.17) is 4.42 Å². The van der Waals surface area contributed by atoms with Gasteiger partial charge in [-0.25, -0.2) is 0 Å². The number of benzene rings is 9. The lowest BCUT2D eigenvalue weighted by Gasteiger charge is -2.12. The molecule has 0 saturated heterocycles. The van der Waals surface area contributed by atoms with E-state index in [0.29, 0.717) is 0 Å². The average Bonchev–Trinajstić information content (AvgIpc) is 3.52. The molecule has 0 radical (unpaired) electrons. The zero-order valence-electron chi connectivity index (χ0n) is 25.6. The minimum atomic E-state index is 0.911. The summed E-state index contributed by atoms with van der Waals surface area (Å²) in [6.07, 6.45) is 0. The van der Waals surface area contributed by atoms with Crippen LogP contribution in [0.15, 0.2) is 174 Å². The van der Waals surface area contributed by atoms with Crippen LogP contribution in [0.5, 0.6) is 0 Å². The first-order chi connectivity index (χ1) is 23.3. The number of hydrogen-bond acceptors (Lipinski definition) is 1. The second-order valence-corrected chi connectivity index (χ2v) is 12.5. The van der Waals surface area contributed by atoms with Crippen molar-refractivity contribution < 1.29 is 4.42 Å². The van der Waals surface area contributed by atoms with Gasteiger partial charge >= 0.3 is 0 Å². The maximum Gasteiger partial charge on any atom is 0.136 e. The molecule has 0 amide bonds. The monoisotopic (exact) mass is 596 g/mol. The van der Waals surface area contributed by atoms with E-state index in [0.717, 1.165) is 16.6 Å². The van der Waals surface area contributed by atoms with Crippen LogP contribution in [0, 0.1) is 0 Å². The third kappa shape index (κ3) is 4.03. The topological polar surface area (TPSA) is 13.1 Å². The summed E-state index contributed by atoms with van der Waals surface area (Å²) in [6, 6.07) is 61.4. The van der Waals surface area contributed by atoms with Crippen molar-refractivity contribution in [3.05, 3.63) is 170 Å². The Bertz CT molecular complexity index is 2840. The predicted molar refractivity (Wildman–Crippen MR) is 200 cm³/mol. The summed E-state index contributed by atoms with van der Waals surface area (Å²) in [7, 11) is 0. The van der Waals surface area contributed by atoms with Gasteiger partial charge < -0.3 is 4.42 Å². The molecule has 0 aliphatic heterocycles. The molecule has 9 aromatic carbocycles. The molecule has 0 atom stereocenters. The minimum Gasteiger partial charge on any atom is -0.456 e. The summed E-state index contributed by atoms with van der Waals surface area (Å²) < 4.78 is 6.77. The quantitative estimate of drug-likeness (QED) is 0.185. The third-order valence-corrected chi connectivity index (χ3v) is 9.82. The van der Waals surface area contributed by atoms with Gasteiger partial charge in [0.2, 0.25) is 0 Å². The van der Waals surface area contributed by atoms with Crippen molar-refractivity contribution in [3.8, 4) is 33.4 Å². The van der Waals surface area contributed by atoms with Crippen molar-refractivity contribution >= 4 is 65.0 Å². The van der Waals surface area contributed by atoms with Crippen molar-refractivity contribution in [2.45, 2.75) is 0 Å². The van der Waals surface area contributed by atoms with Gasteiger partial charge in [0.1, 0.15) is 11.2 Å². The molecule has 10 rings (SSSR count). The smallest absolute Gasteiger partial charge is 0.136 e. The number of rotatable bonds is 3. The van der Waals surface area contributed by atoms with Crippen molar-refractivity contribution in [2.75, 3.05) is 0 Å². The highest BCUT2D eigenvalue weighted by molar-refractivity contribution is 6.30. The molecule has 1 aromatic heterocycles. The van der Waals surface area contributed by atoms with Crippen LogP contribution >= 0.6 is 0 Å². The molecule has 0 aliphatic carbocycles. The van der Waals surface area contributed by atoms with Gasteiger partial charge in [0.25, 0.3) is 0 Å². The van der Waals surface area contributed by atoms with Gasteiger partial charge in [0.05, 0.1) is 0 Å². The number of furan rings is 1. The molecule has 47 heavy (non-hydrogen) atoms. The van der Waals surface area contributed by atoms with Gasteiger partial charge in [-0.05, 0) is 107 Å². The van der Waals surface area contributed by atoms with Crippen molar-refractivity contribution in [1.29, 1.82) is 0 Å². The summed E-state index contributed by atoms with van der Waals surface area (Å²) >= 11 is 0. The van der Waals surface area contributed by atoms with Crippen LogP contribution in [0.4, 0.5) is 0 Å². The Hall–Kier alpha value is -6.18. The van der Waals surface area contributed by atoms with Crippen LogP contribution in [0.1, 0.15) is 0 Å². The fourth-order valence-corrected chi connectivity index (χ4v) is 7.65. The molecule has 1 heterocycles. The van der Waals surface area contributed by atoms with Crippen LogP contribution in [0.25, 0.3) is 98.4 Å². The molecule has 1 nitrogen and oxygen atoms in total. The molecule has 0 saturated carbocycles. The Morgan fingerprint density at radius 1 is 0.255 bits per heavy atom. The van der Waals surface area contributed by atoms with E-state index in [-0.39, 0.29) is 0 Å². The molecule has 0 unspecified atom stereocenters. The molecule has 0 fully saturated rings. The van der Waals surface area contributed by atoms with Crippen LogP contribution in [0.3, 0.4) is 0 Å². The van der Waals surface area contributed by atoms with Gasteiger partial charge in [-0.15, -0.1) is 0 Å². The summed E-state index contributed by atoms with van der Waals surface area (Å²) in [5, 5.41) is 12.3. The second-order valence-electron chi connectivity index (χ2n) is 12.5. The van der Waals surface area contributed by atoms with Crippen molar-refractivity contribution in [2.24, 2.45) is 0 Å². The SMILES string of the molecule is c1ccc(-c2cccc(-c3cccc(-c4cc5oc6cc7c8ccccc8c8ccccc8c7cc6c5c5ccccc45)c3)c2)cc1.